The molecule has 1 aliphatic rings. The van der Waals surface area contributed by atoms with E-state index in [-0.39, 0.29) is 35.9 Å². The van der Waals surface area contributed by atoms with Crippen LogP contribution in [0.1, 0.15) is 32.8 Å². The lowest BCUT2D eigenvalue weighted by atomic mass is 9.93. The van der Waals surface area contributed by atoms with Crippen LogP contribution in [0.2, 0.25) is 0 Å². The first-order valence-electron chi connectivity index (χ1n) is 10.5. The minimum absolute atomic E-state index is 0.0260. The van der Waals surface area contributed by atoms with Crippen LogP contribution in [-0.4, -0.2) is 36.9 Å². The number of pyridine rings is 1. The van der Waals surface area contributed by atoms with Crippen molar-refractivity contribution in [2.75, 3.05) is 19.0 Å². The number of nitrogens with zero attached hydrogens (tertiary/aromatic N) is 2. The van der Waals surface area contributed by atoms with Gasteiger partial charge in [0.05, 0.1) is 32.0 Å². The monoisotopic (exact) mass is 458 g/mol. The molecular weight excluding hydrogens is 430 g/mol. The fourth-order valence-electron chi connectivity index (χ4n) is 3.53. The van der Waals surface area contributed by atoms with Gasteiger partial charge < -0.3 is 20.5 Å². The van der Waals surface area contributed by atoms with Gasteiger partial charge in [-0.05, 0) is 44.9 Å². The normalized spacial score (nSPS) is 20.5. The quantitative estimate of drug-likeness (QED) is 0.438. The number of nitrogens with one attached hydrogen (secondary N) is 1. The lowest BCUT2D eigenvalue weighted by molar-refractivity contribution is -0.118. The second-order valence-electron chi connectivity index (χ2n) is 8.32. The Morgan fingerprint density at radius 2 is 2.06 bits per heavy atom. The average molecular weight is 459 g/mol. The second-order valence-corrected chi connectivity index (χ2v) is 8.32. The number of benzene rings is 1. The van der Waals surface area contributed by atoms with Crippen molar-refractivity contribution < 1.29 is 23.0 Å². The maximum atomic E-state index is 13.6. The molecule has 1 fully saturated rings. The summed E-state index contributed by atoms with van der Waals surface area (Å²) in [6, 6.07) is 7.36. The van der Waals surface area contributed by atoms with Crippen LogP contribution in [0.15, 0.2) is 53.0 Å². The van der Waals surface area contributed by atoms with Gasteiger partial charge in [-0.25, -0.2) is 13.8 Å². The minimum Gasteiger partial charge on any atom is -0.493 e. The Hall–Kier alpha value is -3.49. The van der Waals surface area contributed by atoms with Crippen molar-refractivity contribution in [3.8, 4) is 5.75 Å². The van der Waals surface area contributed by atoms with Gasteiger partial charge in [0.15, 0.2) is 17.3 Å². The van der Waals surface area contributed by atoms with Gasteiger partial charge in [-0.15, -0.1) is 0 Å². The summed E-state index contributed by atoms with van der Waals surface area (Å²) in [5.41, 5.74) is 6.49. The van der Waals surface area contributed by atoms with Crippen LogP contribution in [0.3, 0.4) is 0 Å². The molecule has 0 spiro atoms. The summed E-state index contributed by atoms with van der Waals surface area (Å²) in [7, 11) is 1.33. The highest BCUT2D eigenvalue weighted by atomic mass is 19.1. The zero-order chi connectivity index (χ0) is 24.2. The molecule has 0 radical (unpaired) electrons. The van der Waals surface area contributed by atoms with Crippen molar-refractivity contribution >= 4 is 17.9 Å². The van der Waals surface area contributed by atoms with E-state index in [9.17, 15) is 13.6 Å². The highest BCUT2D eigenvalue weighted by molar-refractivity contribution is 5.95. The molecular formula is C24H28F2N4O3. The zero-order valence-corrected chi connectivity index (χ0v) is 19.1. The molecule has 0 saturated heterocycles. The summed E-state index contributed by atoms with van der Waals surface area (Å²) in [5, 5.41) is 2.70. The van der Waals surface area contributed by atoms with Crippen LogP contribution < -0.4 is 15.8 Å². The summed E-state index contributed by atoms with van der Waals surface area (Å²) in [6.07, 6.45) is 3.03. The van der Waals surface area contributed by atoms with Crippen molar-refractivity contribution in [3.63, 3.8) is 0 Å². The molecule has 0 aliphatic heterocycles. The molecule has 0 bridgehead atoms. The third-order valence-corrected chi connectivity index (χ3v) is 5.47. The number of carbonyl (C=O) groups is 1. The van der Waals surface area contributed by atoms with E-state index in [1.54, 1.807) is 25.3 Å². The number of anilines is 1. The third kappa shape index (κ3) is 5.66. The molecule has 1 saturated carbocycles. The number of hydrogen-bond acceptors (Lipinski definition) is 6. The average Bonchev–Trinajstić information content (AvgIpc) is 3.51. The van der Waals surface area contributed by atoms with Gasteiger partial charge in [0, 0.05) is 23.2 Å². The Morgan fingerprint density at radius 1 is 1.36 bits per heavy atom. The van der Waals surface area contributed by atoms with Gasteiger partial charge in [0.2, 0.25) is 5.91 Å². The number of rotatable bonds is 9. The van der Waals surface area contributed by atoms with Crippen molar-refractivity contribution in [1.82, 2.24) is 4.98 Å². The SMILES string of the molecule is COc1cc(NC(=O)[C@@H]2C[C@@]2(CO/C(C=NC(C)C)=C(\C)N)c2ccc(F)cc2)ncc1F. The second kappa shape index (κ2) is 9.97. The van der Waals surface area contributed by atoms with E-state index in [4.69, 9.17) is 15.2 Å². The number of methoxy groups -OCH3 is 1. The van der Waals surface area contributed by atoms with Crippen LogP contribution in [0.25, 0.3) is 0 Å². The van der Waals surface area contributed by atoms with Crippen LogP contribution in [0.5, 0.6) is 5.75 Å². The number of aliphatic imine (C=N–C) groups is 1. The molecule has 0 unspecified atom stereocenters. The van der Waals surface area contributed by atoms with Crippen molar-refractivity contribution in [3.05, 3.63) is 65.2 Å². The fraction of sp³-hybridized carbons (Fsp3) is 0.375. The highest BCUT2D eigenvalue weighted by Gasteiger charge is 2.60. The number of ether oxygens (including phenoxy) is 2. The first-order valence-corrected chi connectivity index (χ1v) is 10.5. The minimum atomic E-state index is -0.686. The van der Waals surface area contributed by atoms with Gasteiger partial charge >= 0.3 is 0 Å². The topological polar surface area (TPSA) is 98.8 Å². The van der Waals surface area contributed by atoms with Crippen LogP contribution in [-0.2, 0) is 14.9 Å². The van der Waals surface area contributed by atoms with E-state index < -0.39 is 17.2 Å². The predicted octanol–water partition coefficient (Wildman–Crippen LogP) is 3.95. The molecule has 1 aromatic carbocycles. The van der Waals surface area contributed by atoms with Gasteiger partial charge in [-0.2, -0.15) is 0 Å². The number of carbonyl (C=O) groups excluding carboxylic acids is 1. The lowest BCUT2D eigenvalue weighted by Gasteiger charge is -2.20. The number of aromatic nitrogens is 1. The molecule has 2 atom stereocenters. The van der Waals surface area contributed by atoms with Crippen LogP contribution in [0.4, 0.5) is 14.6 Å². The summed E-state index contributed by atoms with van der Waals surface area (Å²) >= 11 is 0. The predicted molar refractivity (Wildman–Crippen MR) is 122 cm³/mol. The molecule has 3 rings (SSSR count). The standard InChI is InChI=1S/C24H28F2N4O3/c1-14(2)28-12-21(15(3)27)33-13-24(16-5-7-17(25)8-6-16)10-18(24)23(31)30-22-9-20(32-4)19(26)11-29-22/h5-9,11-12,14,18H,10,13,27H2,1-4H3,(H,29,30,31)/b21-15+,28-12?/t18-,24+/m0/s1. The van der Waals surface area contributed by atoms with E-state index in [0.717, 1.165) is 11.8 Å². The Balaban J connectivity index is 1.82. The number of nitrogens with two attached hydrogens (primary N) is 1. The molecule has 1 aliphatic carbocycles. The summed E-state index contributed by atoms with van der Waals surface area (Å²) in [6.45, 7) is 5.71. The van der Waals surface area contributed by atoms with Gasteiger partial charge in [0.1, 0.15) is 11.6 Å². The van der Waals surface area contributed by atoms with E-state index in [2.05, 4.69) is 15.3 Å². The fourth-order valence-corrected chi connectivity index (χ4v) is 3.53. The molecule has 1 amide bonds. The summed E-state index contributed by atoms with van der Waals surface area (Å²) in [5.74, 6) is -1.22. The van der Waals surface area contributed by atoms with E-state index in [0.29, 0.717) is 17.9 Å². The third-order valence-electron chi connectivity index (χ3n) is 5.47. The van der Waals surface area contributed by atoms with Gasteiger partial charge in [-0.1, -0.05) is 12.1 Å². The maximum absolute atomic E-state index is 13.6. The largest absolute Gasteiger partial charge is 0.493 e. The number of hydrogen-bond donors (Lipinski definition) is 2. The molecule has 3 N–H and O–H groups in total. The molecule has 1 heterocycles. The first kappa shape index (κ1) is 24.2. The first-order chi connectivity index (χ1) is 15.7. The zero-order valence-electron chi connectivity index (χ0n) is 19.1. The van der Waals surface area contributed by atoms with Crippen LogP contribution in [0, 0.1) is 17.6 Å². The smallest absolute Gasteiger partial charge is 0.229 e. The Morgan fingerprint density at radius 3 is 2.67 bits per heavy atom. The van der Waals surface area contributed by atoms with Crippen molar-refractivity contribution in [1.29, 1.82) is 0 Å². The van der Waals surface area contributed by atoms with E-state index in [1.165, 1.54) is 25.3 Å². The van der Waals surface area contributed by atoms with Crippen molar-refractivity contribution in [2.24, 2.45) is 16.6 Å². The summed E-state index contributed by atoms with van der Waals surface area (Å²) in [4.78, 5) is 21.2. The number of amides is 1. The van der Waals surface area contributed by atoms with Gasteiger partial charge in [-0.3, -0.25) is 9.79 Å². The Bertz CT molecular complexity index is 1070. The Kier molecular flexibility index (Phi) is 7.30. The molecule has 1 aromatic heterocycles. The van der Waals surface area contributed by atoms with Crippen molar-refractivity contribution in [2.45, 2.75) is 38.6 Å². The molecule has 33 heavy (non-hydrogen) atoms. The van der Waals surface area contributed by atoms with E-state index >= 15 is 0 Å². The van der Waals surface area contributed by atoms with E-state index in [1.807, 2.05) is 13.8 Å². The van der Waals surface area contributed by atoms with Gasteiger partial charge in [0.25, 0.3) is 0 Å². The number of allylic oxidation sites excluding steroid dienone is 2. The number of halogens is 2. The summed E-state index contributed by atoms with van der Waals surface area (Å²) < 4.78 is 38.1. The van der Waals surface area contributed by atoms with Crippen LogP contribution >= 0.6 is 0 Å². The lowest BCUT2D eigenvalue weighted by Crippen LogP contribution is -2.26. The Labute approximate surface area is 191 Å². The molecule has 2 aromatic rings. The molecule has 9 heteroatoms. The maximum Gasteiger partial charge on any atom is 0.229 e. The molecule has 176 valence electrons. The highest BCUT2D eigenvalue weighted by Crippen LogP contribution is 2.55. The molecule has 7 nitrogen and oxygen atoms in total.